The summed E-state index contributed by atoms with van der Waals surface area (Å²) < 4.78 is 0. The van der Waals surface area contributed by atoms with E-state index in [1.807, 2.05) is 26.0 Å². The summed E-state index contributed by atoms with van der Waals surface area (Å²) >= 11 is 0. The third-order valence-corrected chi connectivity index (χ3v) is 2.22. The molecule has 0 aliphatic heterocycles. The minimum atomic E-state index is 0.662. The molecule has 0 fully saturated rings. The van der Waals surface area contributed by atoms with Gasteiger partial charge >= 0.3 is 0 Å². The van der Waals surface area contributed by atoms with E-state index in [1.165, 1.54) is 11.1 Å². The lowest BCUT2D eigenvalue weighted by Crippen LogP contribution is -2.02. The first-order valence-electron chi connectivity index (χ1n) is 6.17. The van der Waals surface area contributed by atoms with Gasteiger partial charge in [-0.2, -0.15) is 0 Å². The van der Waals surface area contributed by atoms with E-state index in [2.05, 4.69) is 13.2 Å². The summed E-state index contributed by atoms with van der Waals surface area (Å²) in [5.41, 5.74) is 13.4. The van der Waals surface area contributed by atoms with Crippen molar-refractivity contribution in [2.24, 2.45) is 11.5 Å². The molecule has 0 unspecified atom stereocenters. The van der Waals surface area contributed by atoms with E-state index < -0.39 is 0 Å². The number of hydrogen-bond acceptors (Lipinski definition) is 2. The highest BCUT2D eigenvalue weighted by atomic mass is 14.5. The highest BCUT2D eigenvalue weighted by Crippen LogP contribution is 2.16. The molecule has 16 heavy (non-hydrogen) atoms. The molecule has 0 aromatic carbocycles. The summed E-state index contributed by atoms with van der Waals surface area (Å²) in [5, 5.41) is 0. The molecule has 94 valence electrons. The van der Waals surface area contributed by atoms with Crippen LogP contribution in [0.5, 0.6) is 0 Å². The predicted molar refractivity (Wildman–Crippen MR) is 75.3 cm³/mol. The summed E-state index contributed by atoms with van der Waals surface area (Å²) in [6.45, 7) is 13.0. The SMILES string of the molecule is C=C/C(CCN)=C(\C=C)CCCCN.CC. The molecule has 0 radical (unpaired) electrons. The van der Waals surface area contributed by atoms with Gasteiger partial charge in [0.2, 0.25) is 0 Å². The maximum atomic E-state index is 5.52. The first-order chi connectivity index (χ1) is 7.79. The molecule has 2 nitrogen and oxygen atoms in total. The largest absolute Gasteiger partial charge is 0.330 e. The van der Waals surface area contributed by atoms with Crippen LogP contribution in [-0.4, -0.2) is 13.1 Å². The van der Waals surface area contributed by atoms with Crippen LogP contribution >= 0.6 is 0 Å². The first-order valence-corrected chi connectivity index (χ1v) is 6.17. The smallest absolute Gasteiger partial charge is 0.00366 e. The second kappa shape index (κ2) is 14.1. The fourth-order valence-corrected chi connectivity index (χ4v) is 1.40. The zero-order chi connectivity index (χ0) is 12.8. The molecule has 0 bridgehead atoms. The molecule has 0 aliphatic carbocycles. The standard InChI is InChI=1S/C12H22N2.C2H6/c1-3-11(7-5-6-9-13)12(4-2)8-10-14;1-2/h3-4H,1-2,5-10,13-14H2;1-2H3/b12-11-;. The van der Waals surface area contributed by atoms with Gasteiger partial charge < -0.3 is 11.5 Å². The molecule has 0 aromatic heterocycles. The fraction of sp³-hybridized carbons (Fsp3) is 0.571. The Morgan fingerprint density at radius 1 is 0.875 bits per heavy atom. The molecule has 0 rings (SSSR count). The molecule has 0 atom stereocenters. The lowest BCUT2D eigenvalue weighted by molar-refractivity contribution is 0.741. The molecular formula is C14H28N2. The molecule has 0 spiro atoms. The molecular weight excluding hydrogens is 196 g/mol. The van der Waals surface area contributed by atoms with Crippen LogP contribution in [0.2, 0.25) is 0 Å². The van der Waals surface area contributed by atoms with Gasteiger partial charge in [-0.15, -0.1) is 0 Å². The van der Waals surface area contributed by atoms with E-state index in [-0.39, 0.29) is 0 Å². The minimum Gasteiger partial charge on any atom is -0.330 e. The highest BCUT2D eigenvalue weighted by molar-refractivity contribution is 5.31. The van der Waals surface area contributed by atoms with Gasteiger partial charge in [0, 0.05) is 0 Å². The lowest BCUT2D eigenvalue weighted by atomic mass is 10.00. The van der Waals surface area contributed by atoms with Crippen molar-refractivity contribution in [1.29, 1.82) is 0 Å². The number of unbranched alkanes of at least 4 members (excludes halogenated alkanes) is 1. The number of rotatable bonds is 8. The van der Waals surface area contributed by atoms with Crippen molar-refractivity contribution in [1.82, 2.24) is 0 Å². The first kappa shape index (κ1) is 17.5. The van der Waals surface area contributed by atoms with Gasteiger partial charge in [0.1, 0.15) is 0 Å². The number of hydrogen-bond donors (Lipinski definition) is 2. The Balaban J connectivity index is 0. The zero-order valence-corrected chi connectivity index (χ0v) is 11.0. The average molecular weight is 224 g/mol. The Bertz CT molecular complexity index is 205. The van der Waals surface area contributed by atoms with Gasteiger partial charge in [-0.1, -0.05) is 39.2 Å². The predicted octanol–water partition coefficient (Wildman–Crippen LogP) is 3.16. The maximum absolute atomic E-state index is 5.52. The van der Waals surface area contributed by atoms with Crippen LogP contribution in [0.25, 0.3) is 0 Å². The zero-order valence-electron chi connectivity index (χ0n) is 11.0. The second-order valence-electron chi connectivity index (χ2n) is 3.24. The summed E-state index contributed by atoms with van der Waals surface area (Å²) in [6.07, 6.45) is 7.87. The van der Waals surface area contributed by atoms with E-state index in [0.717, 1.165) is 32.2 Å². The summed E-state index contributed by atoms with van der Waals surface area (Å²) in [7, 11) is 0. The van der Waals surface area contributed by atoms with Gasteiger partial charge in [0.15, 0.2) is 0 Å². The van der Waals surface area contributed by atoms with E-state index in [1.54, 1.807) is 0 Å². The van der Waals surface area contributed by atoms with Gasteiger partial charge in [0.25, 0.3) is 0 Å². The average Bonchev–Trinajstić information content (AvgIpc) is 2.35. The van der Waals surface area contributed by atoms with Crippen molar-refractivity contribution in [3.05, 3.63) is 36.5 Å². The highest BCUT2D eigenvalue weighted by Gasteiger charge is 1.99. The number of allylic oxidation sites excluding steroid dienone is 3. The lowest BCUT2D eigenvalue weighted by Gasteiger charge is -2.07. The fourth-order valence-electron chi connectivity index (χ4n) is 1.40. The molecule has 2 heteroatoms. The van der Waals surface area contributed by atoms with E-state index in [0.29, 0.717) is 6.54 Å². The van der Waals surface area contributed by atoms with Crippen LogP contribution in [0.3, 0.4) is 0 Å². The van der Waals surface area contributed by atoms with Crippen molar-refractivity contribution >= 4 is 0 Å². The van der Waals surface area contributed by atoms with Crippen molar-refractivity contribution < 1.29 is 0 Å². The summed E-state index contributed by atoms with van der Waals surface area (Å²) in [6, 6.07) is 0. The van der Waals surface area contributed by atoms with Crippen LogP contribution in [-0.2, 0) is 0 Å². The van der Waals surface area contributed by atoms with Crippen molar-refractivity contribution in [2.45, 2.75) is 39.5 Å². The Kier molecular flexibility index (Phi) is 15.5. The molecule has 0 amide bonds. The van der Waals surface area contributed by atoms with E-state index in [4.69, 9.17) is 11.5 Å². The topological polar surface area (TPSA) is 52.0 Å². The molecule has 0 heterocycles. The quantitative estimate of drug-likeness (QED) is 0.491. The van der Waals surface area contributed by atoms with Gasteiger partial charge in [-0.25, -0.2) is 0 Å². The van der Waals surface area contributed by atoms with Crippen LogP contribution in [0.1, 0.15) is 39.5 Å². The third kappa shape index (κ3) is 8.45. The van der Waals surface area contributed by atoms with Gasteiger partial charge in [-0.3, -0.25) is 0 Å². The molecule has 0 saturated heterocycles. The number of nitrogens with two attached hydrogens (primary N) is 2. The van der Waals surface area contributed by atoms with Crippen molar-refractivity contribution in [2.75, 3.05) is 13.1 Å². The Morgan fingerprint density at radius 3 is 1.75 bits per heavy atom. The van der Waals surface area contributed by atoms with Crippen LogP contribution < -0.4 is 11.5 Å². The maximum Gasteiger partial charge on any atom is -0.00366 e. The van der Waals surface area contributed by atoms with E-state index in [9.17, 15) is 0 Å². The molecule has 0 aromatic rings. The third-order valence-electron chi connectivity index (χ3n) is 2.22. The van der Waals surface area contributed by atoms with Gasteiger partial charge in [-0.05, 0) is 49.9 Å². The second-order valence-corrected chi connectivity index (χ2v) is 3.24. The molecule has 0 aliphatic rings. The normalized spacial score (nSPS) is 11.0. The molecule has 0 saturated carbocycles. The van der Waals surface area contributed by atoms with Crippen LogP contribution in [0, 0.1) is 0 Å². The Labute approximate surface area is 101 Å². The van der Waals surface area contributed by atoms with Gasteiger partial charge in [0.05, 0.1) is 0 Å². The van der Waals surface area contributed by atoms with Crippen molar-refractivity contribution in [3.63, 3.8) is 0 Å². The Hall–Kier alpha value is -0.860. The van der Waals surface area contributed by atoms with Crippen LogP contribution in [0.15, 0.2) is 36.5 Å². The molecule has 4 N–H and O–H groups in total. The van der Waals surface area contributed by atoms with E-state index >= 15 is 0 Å². The Morgan fingerprint density at radius 2 is 1.38 bits per heavy atom. The summed E-state index contributed by atoms with van der Waals surface area (Å²) in [4.78, 5) is 0. The van der Waals surface area contributed by atoms with Crippen molar-refractivity contribution in [3.8, 4) is 0 Å². The summed E-state index contributed by atoms with van der Waals surface area (Å²) in [5.74, 6) is 0. The monoisotopic (exact) mass is 224 g/mol. The minimum absolute atomic E-state index is 0.662. The van der Waals surface area contributed by atoms with Crippen LogP contribution in [0.4, 0.5) is 0 Å².